The third-order valence-corrected chi connectivity index (χ3v) is 4.66. The smallest absolute Gasteiger partial charge is 0.338 e. The Morgan fingerprint density at radius 1 is 1.00 bits per heavy atom. The number of hydrogen-bond donors (Lipinski definition) is 2. The van der Waals surface area contributed by atoms with Gasteiger partial charge >= 0.3 is 11.9 Å². The number of hydrogen-bond acceptors (Lipinski definition) is 7. The quantitative estimate of drug-likeness (QED) is 0.669. The van der Waals surface area contributed by atoms with Gasteiger partial charge in [-0.2, -0.15) is 0 Å². The summed E-state index contributed by atoms with van der Waals surface area (Å²) in [5.41, 5.74) is 0.432. The van der Waals surface area contributed by atoms with Gasteiger partial charge in [-0.05, 0) is 24.3 Å². The molecule has 0 saturated carbocycles. The van der Waals surface area contributed by atoms with Gasteiger partial charge < -0.3 is 24.6 Å². The minimum atomic E-state index is -1.99. The van der Waals surface area contributed by atoms with Crippen molar-refractivity contribution in [3.05, 3.63) is 71.8 Å². The summed E-state index contributed by atoms with van der Waals surface area (Å²) in [5.74, 6) is -2.11. The van der Waals surface area contributed by atoms with Crippen LogP contribution in [0.2, 0.25) is 0 Å². The summed E-state index contributed by atoms with van der Waals surface area (Å²) in [7, 11) is 0. The minimum Gasteiger partial charge on any atom is -0.459 e. The Morgan fingerprint density at radius 3 is 2.10 bits per heavy atom. The Kier molecular flexibility index (Phi) is 7.32. The number of alkyl halides is 1. The molecule has 31 heavy (non-hydrogen) atoms. The second-order valence-electron chi connectivity index (χ2n) is 6.94. The molecule has 164 valence electrons. The van der Waals surface area contributed by atoms with Crippen molar-refractivity contribution >= 4 is 17.8 Å². The lowest BCUT2D eigenvalue weighted by atomic mass is 9.97. The summed E-state index contributed by atoms with van der Waals surface area (Å²) < 4.78 is 30.9. The summed E-state index contributed by atoms with van der Waals surface area (Å²) in [5, 5.41) is 12.6. The molecule has 8 nitrogen and oxygen atoms in total. The van der Waals surface area contributed by atoms with Crippen molar-refractivity contribution in [1.82, 2.24) is 5.32 Å². The standard InChI is InChI=1S/C22H22FNO7/c1-13(25)24-18-19(31-21(27)15-10-6-3-7-11-15)17(23)16(30-22(18)28)12-29-20(26)14-8-4-2-5-9-14/h2-11,16-19,22,28H,12H2,1H3,(H,24,25)/t16?,17-,18+,19-,22+/m1/s1. The fraction of sp³-hybridized carbons (Fsp3) is 0.318. The van der Waals surface area contributed by atoms with Crippen LogP contribution in [-0.2, 0) is 19.0 Å². The summed E-state index contributed by atoms with van der Waals surface area (Å²) in [6.07, 6.45) is -6.66. The molecule has 1 fully saturated rings. The van der Waals surface area contributed by atoms with E-state index in [0.29, 0.717) is 0 Å². The van der Waals surface area contributed by atoms with Gasteiger partial charge in [-0.3, -0.25) is 4.79 Å². The maximum atomic E-state index is 15.3. The first kappa shape index (κ1) is 22.4. The van der Waals surface area contributed by atoms with Gasteiger partial charge in [0.25, 0.3) is 0 Å². The molecule has 0 spiro atoms. The summed E-state index contributed by atoms with van der Waals surface area (Å²) in [6.45, 7) is 0.641. The molecule has 0 aromatic heterocycles. The van der Waals surface area contributed by atoms with E-state index >= 15 is 4.39 Å². The van der Waals surface area contributed by atoms with Gasteiger partial charge in [0.2, 0.25) is 5.91 Å². The van der Waals surface area contributed by atoms with Crippen molar-refractivity contribution in [2.45, 2.75) is 37.6 Å². The second-order valence-corrected chi connectivity index (χ2v) is 6.94. The Morgan fingerprint density at radius 2 is 1.55 bits per heavy atom. The number of aliphatic hydroxyl groups is 1. The molecule has 1 unspecified atom stereocenters. The molecular weight excluding hydrogens is 409 g/mol. The number of aliphatic hydroxyl groups excluding tert-OH is 1. The molecule has 1 aliphatic rings. The molecule has 2 aromatic rings. The first-order valence-electron chi connectivity index (χ1n) is 9.59. The van der Waals surface area contributed by atoms with Gasteiger partial charge in [0.15, 0.2) is 18.6 Å². The van der Waals surface area contributed by atoms with Crippen molar-refractivity contribution < 1.29 is 38.1 Å². The third-order valence-electron chi connectivity index (χ3n) is 4.66. The number of amides is 1. The topological polar surface area (TPSA) is 111 Å². The molecule has 0 aliphatic carbocycles. The van der Waals surface area contributed by atoms with E-state index < -0.39 is 55.2 Å². The highest BCUT2D eigenvalue weighted by Gasteiger charge is 2.49. The van der Waals surface area contributed by atoms with Gasteiger partial charge in [-0.1, -0.05) is 36.4 Å². The monoisotopic (exact) mass is 431 g/mol. The molecule has 3 rings (SSSR count). The molecule has 0 radical (unpaired) electrons. The summed E-state index contributed by atoms with van der Waals surface area (Å²) in [6, 6.07) is 14.6. The maximum Gasteiger partial charge on any atom is 0.338 e. The minimum absolute atomic E-state index is 0.171. The van der Waals surface area contributed by atoms with Crippen molar-refractivity contribution in [2.75, 3.05) is 6.61 Å². The van der Waals surface area contributed by atoms with Gasteiger partial charge in [0, 0.05) is 6.92 Å². The second kappa shape index (κ2) is 10.1. The molecular formula is C22H22FNO7. The number of nitrogens with one attached hydrogen (secondary N) is 1. The summed E-state index contributed by atoms with van der Waals surface area (Å²) >= 11 is 0. The van der Waals surface area contributed by atoms with Crippen LogP contribution in [0.5, 0.6) is 0 Å². The normalized spacial score (nSPS) is 25.3. The highest BCUT2D eigenvalue weighted by molar-refractivity contribution is 5.90. The lowest BCUT2D eigenvalue weighted by molar-refractivity contribution is -0.240. The van der Waals surface area contributed by atoms with Crippen LogP contribution in [0.1, 0.15) is 27.6 Å². The number of ether oxygens (including phenoxy) is 3. The van der Waals surface area contributed by atoms with Crippen LogP contribution in [0.25, 0.3) is 0 Å². The lowest BCUT2D eigenvalue weighted by Crippen LogP contribution is -2.64. The Hall–Kier alpha value is -3.30. The summed E-state index contributed by atoms with van der Waals surface area (Å²) in [4.78, 5) is 36.1. The van der Waals surface area contributed by atoms with Gasteiger partial charge in [0.05, 0.1) is 11.1 Å². The molecule has 0 bridgehead atoms. The van der Waals surface area contributed by atoms with Crippen molar-refractivity contribution in [1.29, 1.82) is 0 Å². The molecule has 1 aliphatic heterocycles. The van der Waals surface area contributed by atoms with Crippen LogP contribution in [-0.4, -0.2) is 60.3 Å². The van der Waals surface area contributed by atoms with Crippen LogP contribution in [0, 0.1) is 0 Å². The van der Waals surface area contributed by atoms with Crippen LogP contribution in [0.3, 0.4) is 0 Å². The zero-order valence-electron chi connectivity index (χ0n) is 16.6. The number of rotatable bonds is 6. The van der Waals surface area contributed by atoms with Crippen LogP contribution in [0.15, 0.2) is 60.7 Å². The van der Waals surface area contributed by atoms with E-state index in [2.05, 4.69) is 5.32 Å². The van der Waals surface area contributed by atoms with E-state index in [1.54, 1.807) is 36.4 Å². The first-order chi connectivity index (χ1) is 14.9. The molecule has 2 N–H and O–H groups in total. The van der Waals surface area contributed by atoms with Crippen molar-refractivity contribution in [2.24, 2.45) is 0 Å². The van der Waals surface area contributed by atoms with Gasteiger partial charge in [0.1, 0.15) is 18.8 Å². The van der Waals surface area contributed by atoms with E-state index in [1.165, 1.54) is 31.2 Å². The molecule has 5 atom stereocenters. The molecule has 1 amide bonds. The predicted octanol–water partition coefficient (Wildman–Crippen LogP) is 1.63. The van der Waals surface area contributed by atoms with Gasteiger partial charge in [-0.15, -0.1) is 0 Å². The lowest BCUT2D eigenvalue weighted by Gasteiger charge is -2.41. The Bertz CT molecular complexity index is 909. The third kappa shape index (κ3) is 5.65. The number of esters is 2. The van der Waals surface area contributed by atoms with E-state index in [-0.39, 0.29) is 11.1 Å². The Balaban J connectivity index is 1.73. The maximum absolute atomic E-state index is 15.3. The van der Waals surface area contributed by atoms with E-state index in [9.17, 15) is 19.5 Å². The van der Waals surface area contributed by atoms with E-state index in [4.69, 9.17) is 14.2 Å². The number of carbonyl (C=O) groups excluding carboxylic acids is 3. The average molecular weight is 431 g/mol. The zero-order chi connectivity index (χ0) is 22.4. The van der Waals surface area contributed by atoms with Crippen LogP contribution >= 0.6 is 0 Å². The Labute approximate surface area is 177 Å². The molecule has 2 aromatic carbocycles. The fourth-order valence-corrected chi connectivity index (χ4v) is 3.15. The fourth-order valence-electron chi connectivity index (χ4n) is 3.15. The average Bonchev–Trinajstić information content (AvgIpc) is 2.78. The SMILES string of the molecule is CC(=O)N[C@H]1[C@H](OC(=O)c2ccccc2)[C@H](F)C(COC(=O)c2ccccc2)O[C@@H]1O. The van der Waals surface area contributed by atoms with E-state index in [0.717, 1.165) is 0 Å². The van der Waals surface area contributed by atoms with Gasteiger partial charge in [-0.25, -0.2) is 14.0 Å². The first-order valence-corrected chi connectivity index (χ1v) is 9.59. The van der Waals surface area contributed by atoms with Crippen molar-refractivity contribution in [3.63, 3.8) is 0 Å². The van der Waals surface area contributed by atoms with Crippen LogP contribution < -0.4 is 5.32 Å². The number of benzene rings is 2. The largest absolute Gasteiger partial charge is 0.459 e. The molecule has 9 heteroatoms. The molecule has 1 heterocycles. The number of halogens is 1. The van der Waals surface area contributed by atoms with Crippen molar-refractivity contribution in [3.8, 4) is 0 Å². The highest BCUT2D eigenvalue weighted by atomic mass is 19.1. The predicted molar refractivity (Wildman–Crippen MR) is 106 cm³/mol. The van der Waals surface area contributed by atoms with E-state index in [1.807, 2.05) is 0 Å². The highest BCUT2D eigenvalue weighted by Crippen LogP contribution is 2.26. The zero-order valence-corrected chi connectivity index (χ0v) is 16.6. The number of carbonyl (C=O) groups is 3. The van der Waals surface area contributed by atoms with Crippen LogP contribution in [0.4, 0.5) is 4.39 Å². The molecule has 1 saturated heterocycles.